The summed E-state index contributed by atoms with van der Waals surface area (Å²) in [4.78, 5) is 60.1. The molecule has 0 radical (unpaired) electrons. The van der Waals surface area contributed by atoms with Crippen molar-refractivity contribution in [3.05, 3.63) is 121 Å². The lowest BCUT2D eigenvalue weighted by Gasteiger charge is -2.50. The number of methoxy groups -OCH3 is 2. The molecule has 4 aromatic carbocycles. The molecule has 4 amide bonds. The monoisotopic (exact) mass is 863 g/mol. The third-order valence-corrected chi connectivity index (χ3v) is 12.5. The van der Waals surface area contributed by atoms with Gasteiger partial charge in [-0.1, -0.05) is 53.1 Å². The molecule has 0 spiro atoms. The molecular weight excluding hydrogens is 832 g/mol. The Balaban J connectivity index is 1.33. The molecule has 2 aliphatic carbocycles. The van der Waals surface area contributed by atoms with Crippen LogP contribution in [0.5, 0.6) is 17.2 Å². The Labute approximate surface area is 328 Å². The van der Waals surface area contributed by atoms with Gasteiger partial charge in [0.25, 0.3) is 11.8 Å². The quantitative estimate of drug-likeness (QED) is 0.111. The van der Waals surface area contributed by atoms with Crippen molar-refractivity contribution < 1.29 is 33.8 Å². The molecule has 270 valence electrons. The molecule has 10 nitrogen and oxygen atoms in total. The van der Waals surface area contributed by atoms with Gasteiger partial charge in [0.1, 0.15) is 5.75 Å². The van der Waals surface area contributed by atoms with E-state index < -0.39 is 46.8 Å². The molecule has 6 unspecified atom stereocenters. The Bertz CT molecular complexity index is 2230. The van der Waals surface area contributed by atoms with E-state index in [1.165, 1.54) is 18.1 Å². The Hall–Kier alpha value is -4.59. The van der Waals surface area contributed by atoms with Crippen LogP contribution in [0.25, 0.3) is 0 Å². The maximum absolute atomic E-state index is 15.4. The number of imide groups is 2. The number of halogens is 3. The topological polar surface area (TPSA) is 125 Å². The number of benzene rings is 4. The van der Waals surface area contributed by atoms with Crippen LogP contribution in [0.4, 0.5) is 11.4 Å². The number of phenols is 1. The third kappa shape index (κ3) is 5.41. The first-order valence-electron chi connectivity index (χ1n) is 16.9. The molecule has 8 rings (SSSR count). The van der Waals surface area contributed by atoms with Crippen molar-refractivity contribution in [3.63, 3.8) is 0 Å². The van der Waals surface area contributed by atoms with Gasteiger partial charge in [-0.3, -0.25) is 29.5 Å². The number of rotatable bonds is 7. The second-order valence-corrected chi connectivity index (χ2v) is 15.7. The molecule has 6 atom stereocenters. The second kappa shape index (κ2) is 13.4. The fourth-order valence-corrected chi connectivity index (χ4v) is 9.76. The van der Waals surface area contributed by atoms with Crippen molar-refractivity contribution in [2.24, 2.45) is 23.7 Å². The summed E-state index contributed by atoms with van der Waals surface area (Å²) in [6.45, 7) is 0. The molecule has 53 heavy (non-hydrogen) atoms. The summed E-state index contributed by atoms with van der Waals surface area (Å²) in [5.74, 6) is -4.94. The summed E-state index contributed by atoms with van der Waals surface area (Å²) in [6.07, 6.45) is 2.33. The van der Waals surface area contributed by atoms with E-state index in [0.717, 1.165) is 14.2 Å². The van der Waals surface area contributed by atoms with Crippen LogP contribution in [-0.4, -0.2) is 48.0 Å². The molecule has 4 aliphatic rings. The zero-order chi connectivity index (χ0) is 37.3. The molecule has 13 heteroatoms. The van der Waals surface area contributed by atoms with Crippen LogP contribution in [-0.2, 0) is 24.6 Å². The SMILES string of the molecule is COc1ccc(C23C(=O)N(Nc4ccc(Cl)cc4Cl)C(=O)C2CC2C(=CCC4C(=O)N(c5ccc(I)cc5)C(=O)C42)C3c2ccc(OC)c(O)c2)cc1. The maximum Gasteiger partial charge on any atom is 0.260 e. The van der Waals surface area contributed by atoms with Crippen molar-refractivity contribution in [2.45, 2.75) is 24.2 Å². The zero-order valence-corrected chi connectivity index (χ0v) is 32.1. The average Bonchev–Trinajstić information content (AvgIpc) is 3.53. The van der Waals surface area contributed by atoms with Crippen LogP contribution in [0, 0.1) is 27.2 Å². The van der Waals surface area contributed by atoms with Gasteiger partial charge in [0.2, 0.25) is 11.8 Å². The first kappa shape index (κ1) is 35.4. The Morgan fingerprint density at radius 2 is 1.58 bits per heavy atom. The Kier molecular flexibility index (Phi) is 8.94. The number of aromatic hydroxyl groups is 1. The van der Waals surface area contributed by atoms with E-state index in [9.17, 15) is 19.5 Å². The van der Waals surface area contributed by atoms with Crippen LogP contribution in [0.3, 0.4) is 0 Å². The Morgan fingerprint density at radius 1 is 0.849 bits per heavy atom. The third-order valence-electron chi connectivity index (χ3n) is 11.2. The van der Waals surface area contributed by atoms with Gasteiger partial charge < -0.3 is 14.6 Å². The van der Waals surface area contributed by atoms with Crippen molar-refractivity contribution in [1.29, 1.82) is 0 Å². The number of hydrazine groups is 1. The van der Waals surface area contributed by atoms with E-state index in [1.807, 2.05) is 18.2 Å². The van der Waals surface area contributed by atoms with Crippen LogP contribution >= 0.6 is 45.8 Å². The number of carbonyl (C=O) groups excluding carboxylic acids is 4. The lowest BCUT2D eigenvalue weighted by Crippen LogP contribution is -2.53. The molecule has 2 heterocycles. The summed E-state index contributed by atoms with van der Waals surface area (Å²) in [7, 11) is 2.98. The first-order chi connectivity index (χ1) is 25.5. The van der Waals surface area contributed by atoms with Crippen LogP contribution in [0.15, 0.2) is 96.6 Å². The fourth-order valence-electron chi connectivity index (χ4n) is 8.95. The predicted molar refractivity (Wildman–Crippen MR) is 207 cm³/mol. The van der Waals surface area contributed by atoms with Crippen molar-refractivity contribution in [1.82, 2.24) is 5.01 Å². The Morgan fingerprint density at radius 3 is 2.25 bits per heavy atom. The van der Waals surface area contributed by atoms with Gasteiger partial charge in [0.05, 0.1) is 53.8 Å². The highest BCUT2D eigenvalue weighted by Gasteiger charge is 2.70. The minimum absolute atomic E-state index is 0.105. The summed E-state index contributed by atoms with van der Waals surface area (Å²) in [5.41, 5.74) is 4.04. The van der Waals surface area contributed by atoms with Crippen molar-refractivity contribution in [3.8, 4) is 17.2 Å². The molecule has 2 saturated heterocycles. The van der Waals surface area contributed by atoms with Crippen molar-refractivity contribution >= 4 is 80.8 Å². The predicted octanol–water partition coefficient (Wildman–Crippen LogP) is 7.51. The van der Waals surface area contributed by atoms with Crippen molar-refractivity contribution in [2.75, 3.05) is 24.5 Å². The van der Waals surface area contributed by atoms with Gasteiger partial charge in [0.15, 0.2) is 11.5 Å². The fraction of sp³-hybridized carbons (Fsp3) is 0.250. The summed E-state index contributed by atoms with van der Waals surface area (Å²) >= 11 is 14.9. The highest BCUT2D eigenvalue weighted by atomic mass is 127. The van der Waals surface area contributed by atoms with E-state index in [-0.39, 0.29) is 41.2 Å². The zero-order valence-electron chi connectivity index (χ0n) is 28.4. The van der Waals surface area contributed by atoms with Crippen LogP contribution in [0.1, 0.15) is 29.9 Å². The first-order valence-corrected chi connectivity index (χ1v) is 18.8. The lowest BCUT2D eigenvalue weighted by atomic mass is 9.49. The molecule has 4 aromatic rings. The van der Waals surface area contributed by atoms with E-state index in [2.05, 4.69) is 28.0 Å². The summed E-state index contributed by atoms with van der Waals surface area (Å²) in [5, 5.41) is 12.7. The lowest BCUT2D eigenvalue weighted by molar-refractivity contribution is -0.138. The number of carbonyl (C=O) groups is 4. The molecule has 0 bridgehead atoms. The molecule has 2 N–H and O–H groups in total. The second-order valence-electron chi connectivity index (χ2n) is 13.6. The number of nitrogens with zero attached hydrogens (tertiary/aromatic N) is 2. The maximum atomic E-state index is 15.4. The number of allylic oxidation sites excluding steroid dienone is 2. The highest BCUT2D eigenvalue weighted by molar-refractivity contribution is 14.1. The number of fused-ring (bicyclic) bond motifs is 4. The number of nitrogens with one attached hydrogen (secondary N) is 1. The molecule has 3 fully saturated rings. The van der Waals surface area contributed by atoms with Gasteiger partial charge in [-0.15, -0.1) is 0 Å². The highest BCUT2D eigenvalue weighted by Crippen LogP contribution is 2.64. The van der Waals surface area contributed by atoms with Crippen LogP contribution < -0.4 is 19.8 Å². The van der Waals surface area contributed by atoms with E-state index in [0.29, 0.717) is 33.3 Å². The van der Waals surface area contributed by atoms with Gasteiger partial charge in [-0.2, -0.15) is 5.01 Å². The van der Waals surface area contributed by atoms with E-state index in [1.54, 1.807) is 73.8 Å². The standard InChI is InChI=1S/C40H32Cl2IN3O7/c1-52-25-11-4-21(5-12-25)40-29(37(49)46(39(40)51)44-31-15-6-22(41)18-30(31)42)19-28-26(35(40)20-3-16-33(53-2)32(47)17-20)13-14-27-34(28)38(50)45(36(27)48)24-9-7-23(43)8-10-24/h3-13,15-18,27-29,34-35,44,47H,14,19H2,1-2H3. The summed E-state index contributed by atoms with van der Waals surface area (Å²) < 4.78 is 11.8. The average molecular weight is 865 g/mol. The number of anilines is 2. The van der Waals surface area contributed by atoms with E-state index >= 15 is 4.79 Å². The smallest absolute Gasteiger partial charge is 0.260 e. The number of hydrogen-bond acceptors (Lipinski definition) is 8. The number of ether oxygens (including phenoxy) is 2. The molecule has 1 saturated carbocycles. The minimum atomic E-state index is -1.56. The summed E-state index contributed by atoms with van der Waals surface area (Å²) in [6, 6.07) is 23.9. The normalized spacial score (nSPS) is 26.2. The molecule has 2 aliphatic heterocycles. The number of amides is 4. The van der Waals surface area contributed by atoms with Gasteiger partial charge in [0, 0.05) is 14.5 Å². The van der Waals surface area contributed by atoms with Crippen LogP contribution in [0.2, 0.25) is 10.0 Å². The number of phenolic OH excluding ortho intramolecular Hbond substituents is 1. The largest absolute Gasteiger partial charge is 0.504 e. The van der Waals surface area contributed by atoms with Gasteiger partial charge in [-0.05, 0) is 119 Å². The molecular formula is C40H32Cl2IN3O7. The van der Waals surface area contributed by atoms with Gasteiger partial charge in [-0.25, -0.2) is 0 Å². The minimum Gasteiger partial charge on any atom is -0.504 e. The van der Waals surface area contributed by atoms with Gasteiger partial charge >= 0.3 is 0 Å². The molecule has 0 aromatic heterocycles. The van der Waals surface area contributed by atoms with E-state index in [4.69, 9.17) is 32.7 Å². The number of hydrogen-bond donors (Lipinski definition) is 2.